The average Bonchev–Trinajstić information content (AvgIpc) is 1.05. The molecule has 0 rings (SSSR count). The first kappa shape index (κ1) is 93.7. The van der Waals surface area contributed by atoms with Crippen molar-refractivity contribution in [3.05, 3.63) is 109 Å². The molecular formula is C79H136O17P2. The fraction of sp³-hybridized carbons (Fsp3) is 0.722. The minimum Gasteiger partial charge on any atom is -0.462 e. The van der Waals surface area contributed by atoms with Gasteiger partial charge in [0.05, 0.1) is 26.4 Å². The van der Waals surface area contributed by atoms with Crippen LogP contribution in [0.25, 0.3) is 0 Å². The molecule has 5 atom stereocenters. The Hall–Kier alpha value is -4.28. The fourth-order valence-electron chi connectivity index (χ4n) is 9.92. The van der Waals surface area contributed by atoms with E-state index in [0.717, 1.165) is 161 Å². The predicted molar refractivity (Wildman–Crippen MR) is 399 cm³/mol. The number of phosphoric acid groups is 2. The van der Waals surface area contributed by atoms with Crippen LogP contribution in [0.4, 0.5) is 0 Å². The van der Waals surface area contributed by atoms with Gasteiger partial charge in [-0.15, -0.1) is 0 Å². The van der Waals surface area contributed by atoms with Gasteiger partial charge in [-0.1, -0.05) is 278 Å². The molecular weight excluding hydrogens is 1280 g/mol. The van der Waals surface area contributed by atoms with Crippen LogP contribution in [0.15, 0.2) is 109 Å². The molecule has 564 valence electrons. The van der Waals surface area contributed by atoms with Crippen LogP contribution in [0.2, 0.25) is 0 Å². The maximum absolute atomic E-state index is 13.1. The molecule has 0 fully saturated rings. The quantitative estimate of drug-likeness (QED) is 0.0169. The number of phosphoric ester groups is 2. The van der Waals surface area contributed by atoms with Crippen LogP contribution in [-0.4, -0.2) is 96.7 Å². The summed E-state index contributed by atoms with van der Waals surface area (Å²) >= 11 is 0. The number of ether oxygens (including phenoxy) is 4. The smallest absolute Gasteiger partial charge is 0.462 e. The zero-order valence-corrected chi connectivity index (χ0v) is 63.2. The van der Waals surface area contributed by atoms with Gasteiger partial charge in [-0.3, -0.25) is 37.3 Å². The molecule has 0 saturated heterocycles. The van der Waals surface area contributed by atoms with Crippen molar-refractivity contribution in [1.82, 2.24) is 0 Å². The molecule has 0 amide bonds. The number of hydrogen-bond acceptors (Lipinski definition) is 15. The summed E-state index contributed by atoms with van der Waals surface area (Å²) in [5, 5.41) is 10.6. The Kier molecular flexibility index (Phi) is 68.0. The first-order valence-corrected chi connectivity index (χ1v) is 41.1. The van der Waals surface area contributed by atoms with E-state index in [2.05, 4.69) is 125 Å². The molecule has 0 saturated carbocycles. The number of allylic oxidation sites excluding steroid dienone is 18. The van der Waals surface area contributed by atoms with E-state index in [1.165, 1.54) is 64.2 Å². The average molecular weight is 1420 g/mol. The largest absolute Gasteiger partial charge is 0.472 e. The molecule has 0 radical (unpaired) electrons. The molecule has 17 nitrogen and oxygen atoms in total. The van der Waals surface area contributed by atoms with Crippen LogP contribution < -0.4 is 0 Å². The van der Waals surface area contributed by atoms with Crippen LogP contribution in [0.1, 0.15) is 310 Å². The second-order valence-electron chi connectivity index (χ2n) is 25.2. The Balaban J connectivity index is 5.40. The highest BCUT2D eigenvalue weighted by atomic mass is 31.2. The van der Waals surface area contributed by atoms with Gasteiger partial charge in [0.1, 0.15) is 19.3 Å². The topological polar surface area (TPSA) is 237 Å². The molecule has 0 spiro atoms. The van der Waals surface area contributed by atoms with Crippen molar-refractivity contribution in [2.75, 3.05) is 39.6 Å². The second-order valence-corrected chi connectivity index (χ2v) is 28.1. The number of aliphatic hydroxyl groups is 1. The fourth-order valence-corrected chi connectivity index (χ4v) is 11.5. The van der Waals surface area contributed by atoms with Gasteiger partial charge in [0.15, 0.2) is 12.2 Å². The third kappa shape index (κ3) is 70.2. The summed E-state index contributed by atoms with van der Waals surface area (Å²) in [6.07, 6.45) is 75.2. The molecule has 0 aromatic rings. The highest BCUT2D eigenvalue weighted by Crippen LogP contribution is 2.45. The normalized spacial score (nSPS) is 14.6. The summed E-state index contributed by atoms with van der Waals surface area (Å²) in [5.74, 6) is -2.26. The van der Waals surface area contributed by atoms with Crippen LogP contribution in [0.5, 0.6) is 0 Å². The van der Waals surface area contributed by atoms with Crippen LogP contribution in [-0.2, 0) is 65.4 Å². The Bertz CT molecular complexity index is 2290. The number of carbonyl (C=O) groups is 4. The predicted octanol–water partition coefficient (Wildman–Crippen LogP) is 21.8. The lowest BCUT2D eigenvalue weighted by Crippen LogP contribution is -2.30. The first-order valence-electron chi connectivity index (χ1n) is 38.1. The van der Waals surface area contributed by atoms with E-state index in [1.54, 1.807) is 0 Å². The molecule has 0 aliphatic rings. The number of carbonyl (C=O) groups excluding carboxylic acids is 4. The van der Waals surface area contributed by atoms with E-state index < -0.39 is 97.5 Å². The van der Waals surface area contributed by atoms with Crippen molar-refractivity contribution < 1.29 is 80.2 Å². The van der Waals surface area contributed by atoms with Gasteiger partial charge in [-0.2, -0.15) is 0 Å². The lowest BCUT2D eigenvalue weighted by atomic mass is 10.0. The van der Waals surface area contributed by atoms with Crippen molar-refractivity contribution in [2.45, 2.75) is 329 Å². The summed E-state index contributed by atoms with van der Waals surface area (Å²) in [5.41, 5.74) is 0. The van der Waals surface area contributed by atoms with E-state index in [1.807, 2.05) is 12.2 Å². The van der Waals surface area contributed by atoms with E-state index in [0.29, 0.717) is 32.1 Å². The number of hydrogen-bond donors (Lipinski definition) is 3. The van der Waals surface area contributed by atoms with E-state index in [4.69, 9.17) is 37.0 Å². The molecule has 0 aromatic carbocycles. The summed E-state index contributed by atoms with van der Waals surface area (Å²) < 4.78 is 68.4. The van der Waals surface area contributed by atoms with Gasteiger partial charge in [-0.05, 0) is 116 Å². The molecule has 19 heteroatoms. The Labute approximate surface area is 594 Å². The zero-order valence-electron chi connectivity index (χ0n) is 61.4. The standard InChI is InChI=1S/C79H136O17P2/c1-5-9-13-17-21-25-29-33-35-36-38-41-44-48-52-56-60-64-77(82)90-70-75(96-79(84)66-62-58-54-50-46-42-37-34-30-26-22-18-14-10-6-2)72-94-98(87,88)92-68-73(80)67-91-97(85,86)93-71-74(95-78(83)65-61-57-53-49-45-40-32-28-24-20-16-12-8-4)69-89-76(81)63-59-55-51-47-43-39-31-27-23-19-15-11-7-3/h9,13,15-16,19-21,25,27-28,31-33,35,38,41,48,52,73-75,80H,5-8,10-12,14,17-18,22-24,26,29-30,34,36-37,39-40,42-47,49-51,53-72H2,1-4H3,(H,85,86)(H,87,88)/b13-9-,19-15-,20-16-,25-21-,31-27-,32-28-,35-33-,41-38-,52-48-. The number of esters is 4. The van der Waals surface area contributed by atoms with Crippen molar-refractivity contribution in [3.8, 4) is 0 Å². The summed E-state index contributed by atoms with van der Waals surface area (Å²) in [4.78, 5) is 72.8. The maximum atomic E-state index is 13.1. The molecule has 5 unspecified atom stereocenters. The SMILES string of the molecule is CC/C=C\C/C=C\C/C=C\C/C=C\C/C=C\CCCC(=O)OCC(COP(=O)(O)OCC(O)COP(=O)(O)OCC(COC(=O)CCCCCCC/C=C\C/C=C\CCC)OC(=O)CCCCCCC/C=C\C/C=C\CCC)OC(=O)CCCCCCCCCCCCCCCCC. The maximum Gasteiger partial charge on any atom is 0.472 e. The highest BCUT2D eigenvalue weighted by Gasteiger charge is 2.30. The second kappa shape index (κ2) is 71.1. The third-order valence-electron chi connectivity index (χ3n) is 15.7. The summed E-state index contributed by atoms with van der Waals surface area (Å²) in [6.45, 7) is 4.55. The van der Waals surface area contributed by atoms with Crippen molar-refractivity contribution in [2.24, 2.45) is 0 Å². The van der Waals surface area contributed by atoms with E-state index in [9.17, 15) is 43.2 Å². The minimum atomic E-state index is -4.99. The highest BCUT2D eigenvalue weighted by molar-refractivity contribution is 7.47. The van der Waals surface area contributed by atoms with Gasteiger partial charge in [0, 0.05) is 25.7 Å². The monoisotopic (exact) mass is 1420 g/mol. The van der Waals surface area contributed by atoms with Gasteiger partial charge in [0.25, 0.3) is 0 Å². The number of unbranched alkanes of at least 4 members (excludes halogenated alkanes) is 27. The lowest BCUT2D eigenvalue weighted by molar-refractivity contribution is -0.161. The first-order chi connectivity index (χ1) is 47.7. The summed E-state index contributed by atoms with van der Waals surface area (Å²) in [7, 11) is -9.97. The molecule has 98 heavy (non-hydrogen) atoms. The number of rotatable bonds is 71. The van der Waals surface area contributed by atoms with Crippen molar-refractivity contribution in [3.63, 3.8) is 0 Å². The Morgan fingerprint density at radius 1 is 0.296 bits per heavy atom. The van der Waals surface area contributed by atoms with Crippen LogP contribution in [0.3, 0.4) is 0 Å². The van der Waals surface area contributed by atoms with Crippen LogP contribution in [0, 0.1) is 0 Å². The Morgan fingerprint density at radius 3 is 0.898 bits per heavy atom. The lowest BCUT2D eigenvalue weighted by Gasteiger charge is -2.21. The molecule has 0 heterocycles. The molecule has 0 aliphatic carbocycles. The van der Waals surface area contributed by atoms with Crippen LogP contribution >= 0.6 is 15.6 Å². The van der Waals surface area contributed by atoms with Crippen molar-refractivity contribution in [1.29, 1.82) is 0 Å². The van der Waals surface area contributed by atoms with E-state index >= 15 is 0 Å². The van der Waals surface area contributed by atoms with Gasteiger partial charge < -0.3 is 33.8 Å². The van der Waals surface area contributed by atoms with Crippen molar-refractivity contribution >= 4 is 39.5 Å². The number of aliphatic hydroxyl groups excluding tert-OH is 1. The molecule has 3 N–H and O–H groups in total. The summed E-state index contributed by atoms with van der Waals surface area (Å²) in [6, 6.07) is 0. The molecule has 0 aromatic heterocycles. The van der Waals surface area contributed by atoms with Gasteiger partial charge in [0.2, 0.25) is 0 Å². The molecule has 0 bridgehead atoms. The Morgan fingerprint density at radius 2 is 0.561 bits per heavy atom. The zero-order chi connectivity index (χ0) is 71.8. The van der Waals surface area contributed by atoms with Gasteiger partial charge >= 0.3 is 39.5 Å². The minimum absolute atomic E-state index is 0.0739. The molecule has 0 aliphatic heterocycles. The third-order valence-corrected chi connectivity index (χ3v) is 17.6. The van der Waals surface area contributed by atoms with E-state index in [-0.39, 0.29) is 25.7 Å². The van der Waals surface area contributed by atoms with Gasteiger partial charge in [-0.25, -0.2) is 9.13 Å².